The van der Waals surface area contributed by atoms with Gasteiger partial charge in [0.05, 0.1) is 11.2 Å². The number of hydrazine groups is 1. The Morgan fingerprint density at radius 3 is 3.00 bits per heavy atom. The van der Waals surface area contributed by atoms with E-state index in [0.717, 1.165) is 5.56 Å². The molecular formula is C11H11ClN4O. The predicted octanol–water partition coefficient (Wildman–Crippen LogP) is 1.99. The lowest BCUT2D eigenvalue weighted by Crippen LogP contribution is -2.09. The predicted molar refractivity (Wildman–Crippen MR) is 65.6 cm³/mol. The summed E-state index contributed by atoms with van der Waals surface area (Å²) in [5, 5.41) is 0.543. The fourth-order valence-corrected chi connectivity index (χ4v) is 1.44. The van der Waals surface area contributed by atoms with Gasteiger partial charge in [0.25, 0.3) is 0 Å². The molecule has 0 fully saturated rings. The molecule has 2 heterocycles. The van der Waals surface area contributed by atoms with Crippen molar-refractivity contribution in [2.24, 2.45) is 5.84 Å². The van der Waals surface area contributed by atoms with Crippen molar-refractivity contribution < 1.29 is 4.74 Å². The molecule has 0 aliphatic carbocycles. The van der Waals surface area contributed by atoms with E-state index in [2.05, 4.69) is 15.4 Å². The Balaban J connectivity index is 2.02. The van der Waals surface area contributed by atoms with Crippen LogP contribution in [0.25, 0.3) is 0 Å². The summed E-state index contributed by atoms with van der Waals surface area (Å²) in [6.45, 7) is 0.402. The molecule has 0 amide bonds. The van der Waals surface area contributed by atoms with Crippen LogP contribution in [0.3, 0.4) is 0 Å². The van der Waals surface area contributed by atoms with Gasteiger partial charge < -0.3 is 10.2 Å². The Morgan fingerprint density at radius 1 is 1.35 bits per heavy atom. The van der Waals surface area contributed by atoms with Gasteiger partial charge in [0.1, 0.15) is 18.2 Å². The van der Waals surface area contributed by atoms with E-state index in [1.807, 2.05) is 6.07 Å². The first-order chi connectivity index (χ1) is 8.28. The van der Waals surface area contributed by atoms with Crippen LogP contribution in [0.1, 0.15) is 5.56 Å². The van der Waals surface area contributed by atoms with Gasteiger partial charge in [-0.25, -0.2) is 10.8 Å². The minimum atomic E-state index is 0.402. The molecule has 0 unspecified atom stereocenters. The number of pyridine rings is 2. The lowest BCUT2D eigenvalue weighted by molar-refractivity contribution is 0.305. The Kier molecular flexibility index (Phi) is 3.74. The summed E-state index contributed by atoms with van der Waals surface area (Å²) in [6, 6.07) is 5.36. The number of aromatic nitrogens is 2. The molecule has 0 bridgehead atoms. The van der Waals surface area contributed by atoms with Crippen LogP contribution in [0.15, 0.2) is 36.8 Å². The number of ether oxygens (including phenoxy) is 1. The first-order valence-electron chi connectivity index (χ1n) is 4.93. The van der Waals surface area contributed by atoms with E-state index in [1.54, 1.807) is 30.7 Å². The maximum Gasteiger partial charge on any atom is 0.140 e. The molecule has 0 aliphatic heterocycles. The summed E-state index contributed by atoms with van der Waals surface area (Å²) in [6.07, 6.45) is 4.82. The van der Waals surface area contributed by atoms with Crippen LogP contribution in [0.2, 0.25) is 5.02 Å². The smallest absolute Gasteiger partial charge is 0.140 e. The van der Waals surface area contributed by atoms with E-state index in [1.165, 1.54) is 0 Å². The number of nitrogen functional groups attached to an aromatic ring is 1. The van der Waals surface area contributed by atoms with Gasteiger partial charge in [-0.1, -0.05) is 11.6 Å². The molecule has 0 atom stereocenters. The van der Waals surface area contributed by atoms with Gasteiger partial charge >= 0.3 is 0 Å². The molecule has 0 radical (unpaired) electrons. The molecule has 2 aromatic heterocycles. The topological polar surface area (TPSA) is 73.1 Å². The largest absolute Gasteiger partial charge is 0.487 e. The molecule has 0 aromatic carbocycles. The number of anilines is 1. The molecule has 0 aliphatic rings. The third kappa shape index (κ3) is 3.30. The van der Waals surface area contributed by atoms with Gasteiger partial charge in [-0.3, -0.25) is 4.98 Å². The standard InChI is InChI=1S/C11H11ClN4O/c12-9-4-10(6-14-5-9)17-7-8-1-2-15-11(3-8)16-13/h1-6H,7,13H2,(H,15,16). The molecule has 88 valence electrons. The van der Waals surface area contributed by atoms with Crippen LogP contribution in [-0.4, -0.2) is 9.97 Å². The summed E-state index contributed by atoms with van der Waals surface area (Å²) in [4.78, 5) is 7.93. The molecule has 5 nitrogen and oxygen atoms in total. The van der Waals surface area contributed by atoms with Crippen molar-refractivity contribution >= 4 is 17.4 Å². The van der Waals surface area contributed by atoms with Gasteiger partial charge in [-0.15, -0.1) is 0 Å². The number of hydrogen-bond donors (Lipinski definition) is 2. The number of nitrogens with one attached hydrogen (secondary N) is 1. The normalized spacial score (nSPS) is 10.0. The summed E-state index contributed by atoms with van der Waals surface area (Å²) >= 11 is 5.80. The highest BCUT2D eigenvalue weighted by molar-refractivity contribution is 6.30. The first-order valence-corrected chi connectivity index (χ1v) is 5.30. The number of nitrogens with two attached hydrogens (primary N) is 1. The number of nitrogens with zero attached hydrogens (tertiary/aromatic N) is 2. The Labute approximate surface area is 104 Å². The van der Waals surface area contributed by atoms with Crippen LogP contribution in [0.4, 0.5) is 5.82 Å². The van der Waals surface area contributed by atoms with Crippen LogP contribution in [0.5, 0.6) is 5.75 Å². The molecule has 2 rings (SSSR count). The van der Waals surface area contributed by atoms with Gasteiger partial charge in [-0.2, -0.15) is 0 Å². The second-order valence-corrected chi connectivity index (χ2v) is 3.76. The third-order valence-corrected chi connectivity index (χ3v) is 2.26. The quantitative estimate of drug-likeness (QED) is 0.641. The average molecular weight is 251 g/mol. The third-order valence-electron chi connectivity index (χ3n) is 2.06. The molecule has 0 saturated heterocycles. The molecule has 6 heteroatoms. The van der Waals surface area contributed by atoms with Crippen molar-refractivity contribution in [1.82, 2.24) is 9.97 Å². The minimum absolute atomic E-state index is 0.402. The number of rotatable bonds is 4. The Bertz CT molecular complexity index is 506. The summed E-state index contributed by atoms with van der Waals surface area (Å²) in [5.41, 5.74) is 3.43. The molecule has 3 N–H and O–H groups in total. The zero-order valence-electron chi connectivity index (χ0n) is 8.93. The van der Waals surface area contributed by atoms with E-state index >= 15 is 0 Å². The van der Waals surface area contributed by atoms with E-state index in [0.29, 0.717) is 23.2 Å². The van der Waals surface area contributed by atoms with Crippen molar-refractivity contribution in [2.45, 2.75) is 6.61 Å². The maximum absolute atomic E-state index is 5.80. The zero-order chi connectivity index (χ0) is 12.1. The van der Waals surface area contributed by atoms with Gasteiger partial charge in [0, 0.05) is 18.5 Å². The highest BCUT2D eigenvalue weighted by Gasteiger charge is 1.99. The monoisotopic (exact) mass is 250 g/mol. The van der Waals surface area contributed by atoms with Gasteiger partial charge in [0.15, 0.2) is 0 Å². The van der Waals surface area contributed by atoms with Crippen molar-refractivity contribution in [1.29, 1.82) is 0 Å². The fraction of sp³-hybridized carbons (Fsp3) is 0.0909. The molecule has 2 aromatic rings. The van der Waals surface area contributed by atoms with Crippen molar-refractivity contribution in [2.75, 3.05) is 5.43 Å². The molecule has 0 spiro atoms. The minimum Gasteiger partial charge on any atom is -0.487 e. The Hall–Kier alpha value is -1.85. The first kappa shape index (κ1) is 11.6. The molecule has 17 heavy (non-hydrogen) atoms. The van der Waals surface area contributed by atoms with Crippen molar-refractivity contribution in [3.63, 3.8) is 0 Å². The van der Waals surface area contributed by atoms with Crippen LogP contribution < -0.4 is 16.0 Å². The van der Waals surface area contributed by atoms with Crippen LogP contribution in [-0.2, 0) is 6.61 Å². The number of hydrogen-bond acceptors (Lipinski definition) is 5. The molecular weight excluding hydrogens is 240 g/mol. The van der Waals surface area contributed by atoms with E-state index in [-0.39, 0.29) is 0 Å². The lowest BCUT2D eigenvalue weighted by atomic mass is 10.3. The van der Waals surface area contributed by atoms with Crippen LogP contribution >= 0.6 is 11.6 Å². The summed E-state index contributed by atoms with van der Waals surface area (Å²) < 4.78 is 5.53. The summed E-state index contributed by atoms with van der Waals surface area (Å²) in [7, 11) is 0. The van der Waals surface area contributed by atoms with Crippen molar-refractivity contribution in [3.05, 3.63) is 47.4 Å². The zero-order valence-corrected chi connectivity index (χ0v) is 9.69. The number of halogens is 1. The summed E-state index contributed by atoms with van der Waals surface area (Å²) in [5.74, 6) is 6.48. The maximum atomic E-state index is 5.80. The van der Waals surface area contributed by atoms with E-state index < -0.39 is 0 Å². The van der Waals surface area contributed by atoms with E-state index in [9.17, 15) is 0 Å². The SMILES string of the molecule is NNc1cc(COc2cncc(Cl)c2)ccn1. The molecule has 0 saturated carbocycles. The average Bonchev–Trinajstić information content (AvgIpc) is 2.37. The van der Waals surface area contributed by atoms with Gasteiger partial charge in [0.2, 0.25) is 0 Å². The second kappa shape index (κ2) is 5.47. The highest BCUT2D eigenvalue weighted by atomic mass is 35.5. The van der Waals surface area contributed by atoms with Crippen LogP contribution in [0, 0.1) is 0 Å². The van der Waals surface area contributed by atoms with E-state index in [4.69, 9.17) is 22.2 Å². The Morgan fingerprint density at radius 2 is 2.24 bits per heavy atom. The van der Waals surface area contributed by atoms with Crippen molar-refractivity contribution in [3.8, 4) is 5.75 Å². The fourth-order valence-electron chi connectivity index (χ4n) is 1.28. The highest BCUT2D eigenvalue weighted by Crippen LogP contribution is 2.17. The lowest BCUT2D eigenvalue weighted by Gasteiger charge is -2.07. The second-order valence-electron chi connectivity index (χ2n) is 3.32. The van der Waals surface area contributed by atoms with Gasteiger partial charge in [-0.05, 0) is 17.7 Å².